The molecule has 0 aliphatic carbocycles. The Morgan fingerprint density at radius 1 is 1.50 bits per heavy atom. The van der Waals surface area contributed by atoms with Crippen LogP contribution in [0.3, 0.4) is 0 Å². The van der Waals surface area contributed by atoms with Gasteiger partial charge in [-0.1, -0.05) is 13.0 Å². The molecular formula is C14H20N4OS. The highest BCUT2D eigenvalue weighted by atomic mass is 32.1. The van der Waals surface area contributed by atoms with Crippen LogP contribution in [0.1, 0.15) is 25.7 Å². The maximum absolute atomic E-state index is 5.75. The lowest BCUT2D eigenvalue weighted by Gasteiger charge is -2.22. The minimum absolute atomic E-state index is 0.606. The van der Waals surface area contributed by atoms with Crippen molar-refractivity contribution in [3.63, 3.8) is 0 Å². The molecule has 1 saturated heterocycles. The molecule has 1 atom stereocenters. The van der Waals surface area contributed by atoms with Crippen molar-refractivity contribution in [3.05, 3.63) is 23.4 Å². The van der Waals surface area contributed by atoms with Crippen LogP contribution in [0, 0.1) is 0 Å². The van der Waals surface area contributed by atoms with Crippen LogP contribution in [0.4, 0.5) is 0 Å². The highest BCUT2D eigenvalue weighted by molar-refractivity contribution is 7.13. The van der Waals surface area contributed by atoms with Gasteiger partial charge in [0.1, 0.15) is 0 Å². The predicted octanol–water partition coefficient (Wildman–Crippen LogP) is 2.37. The van der Waals surface area contributed by atoms with Gasteiger partial charge in [-0.2, -0.15) is 0 Å². The maximum atomic E-state index is 5.75. The van der Waals surface area contributed by atoms with E-state index in [-0.39, 0.29) is 0 Å². The van der Waals surface area contributed by atoms with Crippen LogP contribution >= 0.6 is 11.3 Å². The molecule has 2 aromatic rings. The van der Waals surface area contributed by atoms with Crippen molar-refractivity contribution in [1.82, 2.24) is 20.4 Å². The van der Waals surface area contributed by atoms with Gasteiger partial charge in [-0.3, -0.25) is 4.90 Å². The second-order valence-corrected chi connectivity index (χ2v) is 6.05. The number of rotatable bonds is 6. The molecule has 2 aromatic heterocycles. The van der Waals surface area contributed by atoms with Gasteiger partial charge < -0.3 is 9.73 Å². The molecule has 0 bridgehead atoms. The summed E-state index contributed by atoms with van der Waals surface area (Å²) in [6.45, 7) is 6.09. The number of nitrogens with zero attached hydrogens (tertiary/aromatic N) is 3. The average Bonchev–Trinajstić information content (AvgIpc) is 3.20. The van der Waals surface area contributed by atoms with Crippen molar-refractivity contribution in [3.8, 4) is 10.8 Å². The lowest BCUT2D eigenvalue weighted by Crippen LogP contribution is -2.37. The third-order valence-electron chi connectivity index (χ3n) is 3.65. The Balaban J connectivity index is 1.60. The largest absolute Gasteiger partial charge is 0.419 e. The van der Waals surface area contributed by atoms with Crippen molar-refractivity contribution in [2.75, 3.05) is 19.6 Å². The highest BCUT2D eigenvalue weighted by Crippen LogP contribution is 2.23. The summed E-state index contributed by atoms with van der Waals surface area (Å²) in [6, 6.07) is 4.60. The SMILES string of the molecule is CCN(Cc1nnc(-c2cccs2)o1)CC1CCCN1. The zero-order valence-electron chi connectivity index (χ0n) is 11.7. The second-order valence-electron chi connectivity index (χ2n) is 5.10. The van der Waals surface area contributed by atoms with E-state index in [9.17, 15) is 0 Å². The predicted molar refractivity (Wildman–Crippen MR) is 79.6 cm³/mol. The van der Waals surface area contributed by atoms with Gasteiger partial charge in [-0.15, -0.1) is 21.5 Å². The van der Waals surface area contributed by atoms with Crippen LogP contribution in [-0.4, -0.2) is 40.8 Å². The van der Waals surface area contributed by atoms with E-state index in [2.05, 4.69) is 27.3 Å². The first-order valence-electron chi connectivity index (χ1n) is 7.17. The molecular weight excluding hydrogens is 272 g/mol. The number of hydrogen-bond acceptors (Lipinski definition) is 6. The third-order valence-corrected chi connectivity index (χ3v) is 4.50. The van der Waals surface area contributed by atoms with Crippen molar-refractivity contribution in [1.29, 1.82) is 0 Å². The fourth-order valence-corrected chi connectivity index (χ4v) is 3.18. The standard InChI is InChI=1S/C14H20N4OS/c1-2-18(9-11-5-3-7-15-11)10-13-16-17-14(19-13)12-6-4-8-20-12/h4,6,8,11,15H,2-3,5,7,9-10H2,1H3. The molecule has 1 unspecified atom stereocenters. The van der Waals surface area contributed by atoms with E-state index in [1.807, 2.05) is 17.5 Å². The van der Waals surface area contributed by atoms with E-state index in [4.69, 9.17) is 4.42 Å². The summed E-state index contributed by atoms with van der Waals surface area (Å²) in [6.07, 6.45) is 2.55. The van der Waals surface area contributed by atoms with E-state index < -0.39 is 0 Å². The minimum Gasteiger partial charge on any atom is -0.419 e. The number of aromatic nitrogens is 2. The molecule has 0 aromatic carbocycles. The minimum atomic E-state index is 0.606. The number of nitrogens with one attached hydrogen (secondary N) is 1. The molecule has 0 radical (unpaired) electrons. The Labute approximate surface area is 123 Å². The number of thiophene rings is 1. The fourth-order valence-electron chi connectivity index (χ4n) is 2.54. The van der Waals surface area contributed by atoms with E-state index in [1.165, 1.54) is 12.8 Å². The van der Waals surface area contributed by atoms with Gasteiger partial charge >= 0.3 is 0 Å². The average molecular weight is 292 g/mol. The van der Waals surface area contributed by atoms with Gasteiger partial charge in [0.25, 0.3) is 5.89 Å². The van der Waals surface area contributed by atoms with Gasteiger partial charge in [0.15, 0.2) is 0 Å². The summed E-state index contributed by atoms with van der Waals surface area (Å²) in [4.78, 5) is 3.39. The van der Waals surface area contributed by atoms with Crippen LogP contribution in [0.25, 0.3) is 10.8 Å². The summed E-state index contributed by atoms with van der Waals surface area (Å²) in [5.41, 5.74) is 0. The van der Waals surface area contributed by atoms with Gasteiger partial charge in [0.2, 0.25) is 5.89 Å². The zero-order valence-corrected chi connectivity index (χ0v) is 12.5. The normalized spacial score (nSPS) is 19.0. The Morgan fingerprint density at radius 3 is 3.15 bits per heavy atom. The summed E-state index contributed by atoms with van der Waals surface area (Å²) in [5.74, 6) is 1.33. The molecule has 5 nitrogen and oxygen atoms in total. The molecule has 1 N–H and O–H groups in total. The molecule has 3 rings (SSSR count). The van der Waals surface area contributed by atoms with Crippen LogP contribution in [0.15, 0.2) is 21.9 Å². The fraction of sp³-hybridized carbons (Fsp3) is 0.571. The van der Waals surface area contributed by atoms with E-state index in [1.54, 1.807) is 11.3 Å². The Hall–Kier alpha value is -1.24. The Morgan fingerprint density at radius 2 is 2.45 bits per heavy atom. The Kier molecular flexibility index (Phi) is 4.44. The molecule has 0 saturated carbocycles. The van der Waals surface area contributed by atoms with Crippen molar-refractivity contribution in [2.45, 2.75) is 32.4 Å². The van der Waals surface area contributed by atoms with Crippen LogP contribution < -0.4 is 5.32 Å². The van der Waals surface area contributed by atoms with Gasteiger partial charge in [-0.05, 0) is 37.4 Å². The van der Waals surface area contributed by atoms with Crippen LogP contribution in [0.5, 0.6) is 0 Å². The first-order chi connectivity index (χ1) is 9.85. The maximum Gasteiger partial charge on any atom is 0.257 e. The van der Waals surface area contributed by atoms with Gasteiger partial charge in [0.05, 0.1) is 11.4 Å². The van der Waals surface area contributed by atoms with E-state index >= 15 is 0 Å². The van der Waals surface area contributed by atoms with Crippen molar-refractivity contribution in [2.24, 2.45) is 0 Å². The van der Waals surface area contributed by atoms with E-state index in [0.29, 0.717) is 17.8 Å². The topological polar surface area (TPSA) is 54.2 Å². The summed E-state index contributed by atoms with van der Waals surface area (Å²) in [5, 5.41) is 13.8. The zero-order chi connectivity index (χ0) is 13.8. The monoisotopic (exact) mass is 292 g/mol. The van der Waals surface area contributed by atoms with Crippen LogP contribution in [-0.2, 0) is 6.54 Å². The second kappa shape index (κ2) is 6.47. The van der Waals surface area contributed by atoms with E-state index in [0.717, 1.165) is 31.1 Å². The van der Waals surface area contributed by atoms with Crippen molar-refractivity contribution < 1.29 is 4.42 Å². The lowest BCUT2D eigenvalue weighted by atomic mass is 10.2. The molecule has 6 heteroatoms. The summed E-state index contributed by atoms with van der Waals surface area (Å²) >= 11 is 1.62. The number of hydrogen-bond donors (Lipinski definition) is 1. The van der Waals surface area contributed by atoms with Crippen molar-refractivity contribution >= 4 is 11.3 Å². The molecule has 108 valence electrons. The smallest absolute Gasteiger partial charge is 0.257 e. The molecule has 0 amide bonds. The van der Waals surface area contributed by atoms with Crippen LogP contribution in [0.2, 0.25) is 0 Å². The first kappa shape index (κ1) is 13.7. The molecule has 1 fully saturated rings. The number of likely N-dealkylation sites (N-methyl/N-ethyl adjacent to an activating group) is 1. The Bertz CT molecular complexity index is 519. The summed E-state index contributed by atoms with van der Waals surface area (Å²) < 4.78 is 5.75. The molecule has 0 spiro atoms. The molecule has 1 aliphatic rings. The summed E-state index contributed by atoms with van der Waals surface area (Å²) in [7, 11) is 0. The quantitative estimate of drug-likeness (QED) is 0.886. The first-order valence-corrected chi connectivity index (χ1v) is 8.05. The van der Waals surface area contributed by atoms with Gasteiger partial charge in [-0.25, -0.2) is 0 Å². The lowest BCUT2D eigenvalue weighted by molar-refractivity contribution is 0.230. The highest BCUT2D eigenvalue weighted by Gasteiger charge is 2.19. The molecule has 3 heterocycles. The third kappa shape index (κ3) is 3.26. The molecule has 1 aliphatic heterocycles. The molecule has 20 heavy (non-hydrogen) atoms. The van der Waals surface area contributed by atoms with Gasteiger partial charge in [0, 0.05) is 12.6 Å².